The molecule has 0 bridgehead atoms. The zero-order valence-electron chi connectivity index (χ0n) is 16.2. The van der Waals surface area contributed by atoms with Crippen molar-refractivity contribution >= 4 is 22.5 Å². The number of carbonyl (C=O) groups excluding carboxylic acids is 1. The van der Waals surface area contributed by atoms with E-state index in [1.165, 1.54) is 6.07 Å². The number of pyridine rings is 1. The highest BCUT2D eigenvalue weighted by Crippen LogP contribution is 2.31. The molecule has 146 valence electrons. The summed E-state index contributed by atoms with van der Waals surface area (Å²) in [5.41, 5.74) is 4.44. The van der Waals surface area contributed by atoms with Crippen LogP contribution in [0.2, 0.25) is 0 Å². The van der Waals surface area contributed by atoms with Crippen molar-refractivity contribution in [1.82, 2.24) is 9.97 Å². The van der Waals surface area contributed by atoms with Gasteiger partial charge in [-0.2, -0.15) is 0 Å². The maximum Gasteiger partial charge on any atom is 0.226 e. The van der Waals surface area contributed by atoms with Crippen LogP contribution in [0.15, 0.2) is 72.9 Å². The molecule has 0 aliphatic rings. The third kappa shape index (κ3) is 4.04. The SMILES string of the molecule is CN(C(=O)CCCc1c(-c2ccccn2)[nH]c2ccc(F)cc12)c1ccccc1. The number of H-pyrrole nitrogens is 1. The van der Waals surface area contributed by atoms with Gasteiger partial charge in [0.15, 0.2) is 0 Å². The third-order valence-electron chi connectivity index (χ3n) is 5.12. The standard InChI is InChI=1S/C24H22FN3O/c1-28(18-8-3-2-4-9-18)23(29)12-7-10-19-20-16-17(25)13-14-21(20)27-24(19)22-11-5-6-15-26-22/h2-6,8-9,11,13-16,27H,7,10,12H2,1H3. The number of hydrogen-bond donors (Lipinski definition) is 1. The van der Waals surface area contributed by atoms with E-state index in [1.807, 2.05) is 48.5 Å². The van der Waals surface area contributed by atoms with Crippen LogP contribution in [0.4, 0.5) is 10.1 Å². The fraction of sp³-hybridized carbons (Fsp3) is 0.167. The highest BCUT2D eigenvalue weighted by atomic mass is 19.1. The van der Waals surface area contributed by atoms with Crippen molar-refractivity contribution in [3.8, 4) is 11.4 Å². The van der Waals surface area contributed by atoms with Gasteiger partial charge in [0.1, 0.15) is 5.82 Å². The Morgan fingerprint density at radius 3 is 2.62 bits per heavy atom. The van der Waals surface area contributed by atoms with Crippen LogP contribution in [-0.2, 0) is 11.2 Å². The van der Waals surface area contributed by atoms with Crippen LogP contribution in [-0.4, -0.2) is 22.9 Å². The van der Waals surface area contributed by atoms with Gasteiger partial charge in [0, 0.05) is 36.3 Å². The lowest BCUT2D eigenvalue weighted by molar-refractivity contribution is -0.118. The van der Waals surface area contributed by atoms with Gasteiger partial charge in [-0.05, 0) is 60.9 Å². The number of aryl methyl sites for hydroxylation is 1. The lowest BCUT2D eigenvalue weighted by atomic mass is 10.0. The number of nitrogens with one attached hydrogen (secondary N) is 1. The van der Waals surface area contributed by atoms with Crippen molar-refractivity contribution in [2.24, 2.45) is 0 Å². The first-order valence-electron chi connectivity index (χ1n) is 9.66. The molecule has 29 heavy (non-hydrogen) atoms. The van der Waals surface area contributed by atoms with Gasteiger partial charge in [0.05, 0.1) is 11.4 Å². The number of amides is 1. The second-order valence-electron chi connectivity index (χ2n) is 7.03. The third-order valence-corrected chi connectivity index (χ3v) is 5.12. The van der Waals surface area contributed by atoms with Crippen molar-refractivity contribution in [3.05, 3.63) is 84.3 Å². The Morgan fingerprint density at radius 2 is 1.86 bits per heavy atom. The van der Waals surface area contributed by atoms with Crippen LogP contribution in [0.25, 0.3) is 22.3 Å². The largest absolute Gasteiger partial charge is 0.353 e. The molecule has 5 heteroatoms. The van der Waals surface area contributed by atoms with Gasteiger partial charge >= 0.3 is 0 Å². The maximum atomic E-state index is 13.9. The number of anilines is 1. The van der Waals surface area contributed by atoms with E-state index < -0.39 is 0 Å². The highest BCUT2D eigenvalue weighted by molar-refractivity contribution is 5.93. The van der Waals surface area contributed by atoms with Crippen LogP contribution in [0.1, 0.15) is 18.4 Å². The minimum Gasteiger partial charge on any atom is -0.353 e. The fourth-order valence-corrected chi connectivity index (χ4v) is 3.59. The molecule has 0 fully saturated rings. The summed E-state index contributed by atoms with van der Waals surface area (Å²) in [5.74, 6) is -0.216. The number of aromatic nitrogens is 2. The molecule has 0 atom stereocenters. The van der Waals surface area contributed by atoms with Gasteiger partial charge < -0.3 is 9.88 Å². The van der Waals surface area contributed by atoms with Crippen LogP contribution < -0.4 is 4.90 Å². The summed E-state index contributed by atoms with van der Waals surface area (Å²) in [7, 11) is 1.79. The molecular formula is C24H22FN3O. The summed E-state index contributed by atoms with van der Waals surface area (Å²) < 4.78 is 13.9. The number of nitrogens with zero attached hydrogens (tertiary/aromatic N) is 2. The Bertz CT molecular complexity index is 1120. The zero-order valence-corrected chi connectivity index (χ0v) is 16.2. The Morgan fingerprint density at radius 1 is 1.07 bits per heavy atom. The molecular weight excluding hydrogens is 365 g/mol. The monoisotopic (exact) mass is 387 g/mol. The summed E-state index contributed by atoms with van der Waals surface area (Å²) >= 11 is 0. The summed E-state index contributed by atoms with van der Waals surface area (Å²) in [6, 6.07) is 20.1. The molecule has 0 unspecified atom stereocenters. The summed E-state index contributed by atoms with van der Waals surface area (Å²) in [4.78, 5) is 22.1. The molecule has 2 aromatic heterocycles. The molecule has 4 nitrogen and oxygen atoms in total. The van der Waals surface area contributed by atoms with Crippen molar-refractivity contribution < 1.29 is 9.18 Å². The van der Waals surface area contributed by atoms with Gasteiger partial charge in [-0.1, -0.05) is 24.3 Å². The first kappa shape index (κ1) is 18.9. The predicted molar refractivity (Wildman–Crippen MR) is 114 cm³/mol. The van der Waals surface area contributed by atoms with Gasteiger partial charge in [0.25, 0.3) is 0 Å². The number of rotatable bonds is 6. The van der Waals surface area contributed by atoms with Crippen LogP contribution >= 0.6 is 0 Å². The van der Waals surface area contributed by atoms with Crippen LogP contribution in [0.5, 0.6) is 0 Å². The number of benzene rings is 2. The van der Waals surface area contributed by atoms with Crippen LogP contribution in [0.3, 0.4) is 0 Å². The molecule has 0 saturated carbocycles. The topological polar surface area (TPSA) is 49.0 Å². The number of hydrogen-bond acceptors (Lipinski definition) is 2. The van der Waals surface area contributed by atoms with Crippen molar-refractivity contribution in [3.63, 3.8) is 0 Å². The molecule has 1 amide bonds. The number of halogens is 1. The Hall–Kier alpha value is -3.47. The maximum absolute atomic E-state index is 13.9. The van der Waals surface area contributed by atoms with E-state index in [9.17, 15) is 9.18 Å². The summed E-state index contributed by atoms with van der Waals surface area (Å²) in [5, 5.41) is 0.842. The lowest BCUT2D eigenvalue weighted by Gasteiger charge is -2.17. The first-order valence-corrected chi connectivity index (χ1v) is 9.66. The van der Waals surface area contributed by atoms with Crippen LogP contribution in [0, 0.1) is 5.82 Å². The van der Waals surface area contributed by atoms with Crippen molar-refractivity contribution in [2.75, 3.05) is 11.9 Å². The smallest absolute Gasteiger partial charge is 0.226 e. The molecule has 0 aliphatic carbocycles. The number of carbonyl (C=O) groups is 1. The van der Waals surface area contributed by atoms with Gasteiger partial charge in [0.2, 0.25) is 5.91 Å². The van der Waals surface area contributed by atoms with E-state index in [4.69, 9.17) is 0 Å². The number of fused-ring (bicyclic) bond motifs is 1. The Labute approximate surface area is 169 Å². The van der Waals surface area contributed by atoms with E-state index in [0.717, 1.165) is 33.5 Å². The number of para-hydroxylation sites is 1. The van der Waals surface area contributed by atoms with E-state index >= 15 is 0 Å². The minimum absolute atomic E-state index is 0.0570. The predicted octanol–water partition coefficient (Wildman–Crippen LogP) is 5.35. The van der Waals surface area contributed by atoms with Crippen molar-refractivity contribution in [1.29, 1.82) is 0 Å². The molecule has 0 aliphatic heterocycles. The lowest BCUT2D eigenvalue weighted by Crippen LogP contribution is -2.25. The zero-order chi connectivity index (χ0) is 20.2. The first-order chi connectivity index (χ1) is 14.1. The molecule has 4 rings (SSSR count). The highest BCUT2D eigenvalue weighted by Gasteiger charge is 2.16. The minimum atomic E-state index is -0.273. The average Bonchev–Trinajstić information content (AvgIpc) is 3.12. The van der Waals surface area contributed by atoms with Gasteiger partial charge in [-0.3, -0.25) is 9.78 Å². The van der Waals surface area contributed by atoms with E-state index in [1.54, 1.807) is 30.3 Å². The summed E-state index contributed by atoms with van der Waals surface area (Å²) in [6.45, 7) is 0. The Balaban J connectivity index is 1.56. The molecule has 2 aromatic carbocycles. The van der Waals surface area contributed by atoms with E-state index in [2.05, 4.69) is 9.97 Å². The van der Waals surface area contributed by atoms with Crippen molar-refractivity contribution in [2.45, 2.75) is 19.3 Å². The quantitative estimate of drug-likeness (QED) is 0.484. The molecule has 0 radical (unpaired) electrons. The van der Waals surface area contributed by atoms with E-state index in [-0.39, 0.29) is 11.7 Å². The second kappa shape index (κ2) is 8.27. The van der Waals surface area contributed by atoms with Gasteiger partial charge in [-0.15, -0.1) is 0 Å². The number of aromatic amines is 1. The Kier molecular flexibility index (Phi) is 5.38. The summed E-state index contributed by atoms with van der Waals surface area (Å²) in [6.07, 6.45) is 3.47. The second-order valence-corrected chi connectivity index (χ2v) is 7.03. The normalized spacial score (nSPS) is 11.0. The fourth-order valence-electron chi connectivity index (χ4n) is 3.59. The molecule has 4 aromatic rings. The molecule has 2 heterocycles. The van der Waals surface area contributed by atoms with E-state index in [0.29, 0.717) is 19.3 Å². The molecule has 1 N–H and O–H groups in total. The van der Waals surface area contributed by atoms with Gasteiger partial charge in [-0.25, -0.2) is 4.39 Å². The molecule has 0 spiro atoms. The average molecular weight is 387 g/mol. The molecule has 0 saturated heterocycles.